The molecule has 1 saturated heterocycles. The predicted octanol–water partition coefficient (Wildman–Crippen LogP) is 3.03. The van der Waals surface area contributed by atoms with E-state index in [1.807, 2.05) is 0 Å². The Morgan fingerprint density at radius 2 is 2.00 bits per heavy atom. The van der Waals surface area contributed by atoms with Gasteiger partial charge in [-0.3, -0.25) is 4.90 Å². The van der Waals surface area contributed by atoms with Gasteiger partial charge in [0.2, 0.25) is 0 Å². The fourth-order valence-corrected chi connectivity index (χ4v) is 4.41. The van der Waals surface area contributed by atoms with Gasteiger partial charge in [-0.15, -0.1) is 0 Å². The smallest absolute Gasteiger partial charge is 0.0309 e. The molecule has 3 rings (SSSR count). The molecule has 2 nitrogen and oxygen atoms in total. The average Bonchev–Trinajstić information content (AvgIpc) is 3.03. The number of rotatable bonds is 3. The van der Waals surface area contributed by atoms with Gasteiger partial charge in [-0.25, -0.2) is 0 Å². The number of piperazine rings is 1. The lowest BCUT2D eigenvalue weighted by Crippen LogP contribution is -2.65. The van der Waals surface area contributed by atoms with Gasteiger partial charge in [0.25, 0.3) is 0 Å². The summed E-state index contributed by atoms with van der Waals surface area (Å²) >= 11 is 0. The lowest BCUT2D eigenvalue weighted by molar-refractivity contribution is 0.0460. The van der Waals surface area contributed by atoms with Crippen molar-refractivity contribution >= 4 is 0 Å². The van der Waals surface area contributed by atoms with Crippen molar-refractivity contribution in [3.63, 3.8) is 0 Å². The molecule has 0 aromatic heterocycles. The van der Waals surface area contributed by atoms with Crippen molar-refractivity contribution in [3.8, 4) is 0 Å². The quantitative estimate of drug-likeness (QED) is 0.828. The second-order valence-corrected chi connectivity index (χ2v) is 7.32. The zero-order chi connectivity index (χ0) is 12.8. The summed E-state index contributed by atoms with van der Waals surface area (Å²) in [5.74, 6) is 1.79. The third-order valence-electron chi connectivity index (χ3n) is 5.76. The normalized spacial score (nSPS) is 39.7. The molecule has 1 heterocycles. The van der Waals surface area contributed by atoms with Gasteiger partial charge in [0.15, 0.2) is 0 Å². The standard InChI is InChI=1S/C16H30N2/c1-4-13-9-14(13)18-11-16(7-5-6-8-16)17-10-15(18)12(2)3/h12-15,17H,4-11H2,1-3H3. The van der Waals surface area contributed by atoms with E-state index >= 15 is 0 Å². The number of nitrogens with one attached hydrogen (secondary N) is 1. The molecule has 2 heteroatoms. The van der Waals surface area contributed by atoms with E-state index in [-0.39, 0.29) is 0 Å². The molecule has 1 aliphatic heterocycles. The summed E-state index contributed by atoms with van der Waals surface area (Å²) in [6, 6.07) is 1.69. The van der Waals surface area contributed by atoms with Crippen molar-refractivity contribution < 1.29 is 0 Å². The van der Waals surface area contributed by atoms with Crippen LogP contribution in [0.5, 0.6) is 0 Å². The van der Waals surface area contributed by atoms with E-state index in [1.165, 1.54) is 51.6 Å². The number of hydrogen-bond donors (Lipinski definition) is 1. The molecule has 3 aliphatic rings. The molecule has 18 heavy (non-hydrogen) atoms. The first-order chi connectivity index (χ1) is 8.65. The Morgan fingerprint density at radius 3 is 2.56 bits per heavy atom. The van der Waals surface area contributed by atoms with Crippen LogP contribution in [0.2, 0.25) is 0 Å². The van der Waals surface area contributed by atoms with E-state index < -0.39 is 0 Å². The minimum Gasteiger partial charge on any atom is -0.308 e. The van der Waals surface area contributed by atoms with Crippen molar-refractivity contribution in [1.29, 1.82) is 0 Å². The average molecular weight is 250 g/mol. The first kappa shape index (κ1) is 12.9. The molecule has 0 amide bonds. The first-order valence-electron chi connectivity index (χ1n) is 8.16. The minimum atomic E-state index is 0.492. The Morgan fingerprint density at radius 1 is 1.28 bits per heavy atom. The third kappa shape index (κ3) is 2.22. The van der Waals surface area contributed by atoms with E-state index in [2.05, 4.69) is 31.0 Å². The minimum absolute atomic E-state index is 0.492. The highest BCUT2D eigenvalue weighted by Gasteiger charge is 2.49. The predicted molar refractivity (Wildman–Crippen MR) is 76.7 cm³/mol. The van der Waals surface area contributed by atoms with Crippen LogP contribution in [0.1, 0.15) is 59.3 Å². The molecule has 0 aromatic rings. The van der Waals surface area contributed by atoms with Gasteiger partial charge in [0.1, 0.15) is 0 Å². The van der Waals surface area contributed by atoms with Crippen LogP contribution < -0.4 is 5.32 Å². The lowest BCUT2D eigenvalue weighted by Gasteiger charge is -2.48. The van der Waals surface area contributed by atoms with E-state index in [4.69, 9.17) is 0 Å². The van der Waals surface area contributed by atoms with Gasteiger partial charge in [-0.05, 0) is 31.1 Å². The fraction of sp³-hybridized carbons (Fsp3) is 1.00. The zero-order valence-electron chi connectivity index (χ0n) is 12.4. The van der Waals surface area contributed by atoms with Gasteiger partial charge < -0.3 is 5.32 Å². The van der Waals surface area contributed by atoms with Crippen molar-refractivity contribution in [2.45, 2.75) is 76.9 Å². The van der Waals surface area contributed by atoms with Crippen molar-refractivity contribution in [2.75, 3.05) is 13.1 Å². The summed E-state index contributed by atoms with van der Waals surface area (Å²) in [6.07, 6.45) is 8.56. The van der Waals surface area contributed by atoms with Crippen LogP contribution in [0.4, 0.5) is 0 Å². The summed E-state index contributed by atoms with van der Waals surface area (Å²) in [4.78, 5) is 2.90. The van der Waals surface area contributed by atoms with E-state index in [0.29, 0.717) is 5.54 Å². The van der Waals surface area contributed by atoms with Gasteiger partial charge in [-0.1, -0.05) is 40.0 Å². The third-order valence-corrected chi connectivity index (χ3v) is 5.76. The molecule has 3 atom stereocenters. The van der Waals surface area contributed by atoms with Crippen LogP contribution in [0.15, 0.2) is 0 Å². The summed E-state index contributed by atoms with van der Waals surface area (Å²) < 4.78 is 0. The largest absolute Gasteiger partial charge is 0.308 e. The molecule has 2 aliphatic carbocycles. The van der Waals surface area contributed by atoms with Crippen LogP contribution >= 0.6 is 0 Å². The number of nitrogens with zero attached hydrogens (tertiary/aromatic N) is 1. The Hall–Kier alpha value is -0.0800. The summed E-state index contributed by atoms with van der Waals surface area (Å²) in [5.41, 5.74) is 0.492. The summed E-state index contributed by atoms with van der Waals surface area (Å²) in [6.45, 7) is 9.72. The molecule has 3 unspecified atom stereocenters. The van der Waals surface area contributed by atoms with Crippen LogP contribution in [0, 0.1) is 11.8 Å². The molecule has 0 bridgehead atoms. The highest BCUT2D eigenvalue weighted by molar-refractivity contribution is 5.07. The van der Waals surface area contributed by atoms with Crippen LogP contribution in [0.25, 0.3) is 0 Å². The summed E-state index contributed by atoms with van der Waals surface area (Å²) in [5, 5.41) is 3.93. The van der Waals surface area contributed by atoms with Gasteiger partial charge in [0, 0.05) is 30.7 Å². The van der Waals surface area contributed by atoms with Crippen molar-refractivity contribution in [1.82, 2.24) is 10.2 Å². The highest BCUT2D eigenvalue weighted by Crippen LogP contribution is 2.44. The second-order valence-electron chi connectivity index (χ2n) is 7.32. The highest BCUT2D eigenvalue weighted by atomic mass is 15.3. The Labute approximate surface area is 113 Å². The molecule has 2 saturated carbocycles. The van der Waals surface area contributed by atoms with Crippen molar-refractivity contribution in [2.24, 2.45) is 11.8 Å². The summed E-state index contributed by atoms with van der Waals surface area (Å²) in [7, 11) is 0. The SMILES string of the molecule is CCC1CC1N1CC2(CCCC2)NCC1C(C)C. The molecule has 104 valence electrons. The van der Waals surface area contributed by atoms with Crippen molar-refractivity contribution in [3.05, 3.63) is 0 Å². The van der Waals surface area contributed by atoms with Gasteiger partial charge in [0.05, 0.1) is 0 Å². The maximum atomic E-state index is 3.93. The molecule has 1 N–H and O–H groups in total. The Bertz CT molecular complexity index is 293. The van der Waals surface area contributed by atoms with E-state index in [9.17, 15) is 0 Å². The monoisotopic (exact) mass is 250 g/mol. The van der Waals surface area contributed by atoms with Gasteiger partial charge >= 0.3 is 0 Å². The van der Waals surface area contributed by atoms with Crippen LogP contribution in [-0.2, 0) is 0 Å². The number of hydrogen-bond acceptors (Lipinski definition) is 2. The van der Waals surface area contributed by atoms with E-state index in [1.54, 1.807) is 0 Å². The van der Waals surface area contributed by atoms with E-state index in [0.717, 1.165) is 23.9 Å². The Kier molecular flexibility index (Phi) is 3.44. The molecule has 3 fully saturated rings. The zero-order valence-corrected chi connectivity index (χ0v) is 12.4. The Balaban J connectivity index is 1.72. The molecular formula is C16H30N2. The second kappa shape index (κ2) is 4.79. The molecule has 0 radical (unpaired) electrons. The maximum Gasteiger partial charge on any atom is 0.0309 e. The molecule has 0 aromatic carbocycles. The van der Waals surface area contributed by atoms with Gasteiger partial charge in [-0.2, -0.15) is 0 Å². The first-order valence-corrected chi connectivity index (χ1v) is 8.16. The topological polar surface area (TPSA) is 15.3 Å². The molecule has 1 spiro atoms. The maximum absolute atomic E-state index is 3.93. The lowest BCUT2D eigenvalue weighted by atomic mass is 9.89. The molecular weight excluding hydrogens is 220 g/mol. The van der Waals surface area contributed by atoms with Crippen LogP contribution in [0.3, 0.4) is 0 Å². The fourth-order valence-electron chi connectivity index (χ4n) is 4.41. The van der Waals surface area contributed by atoms with Crippen LogP contribution in [-0.4, -0.2) is 35.6 Å².